The minimum Gasteiger partial charge on any atom is -0.494 e. The number of amides is 2. The summed E-state index contributed by atoms with van der Waals surface area (Å²) in [7, 11) is 0. The number of nitrogens with zero attached hydrogens (tertiary/aromatic N) is 1. The standard InChI is InChI=1S/C23H29Cl2N3O4/c1-4-11-28(14-22(29)26-19-9-7-16(24)12-18(19)25)15-23(30)27-20-13-17(31-5-2)8-10-21(20)32-6-3/h7-10,12-13H,4-6,11,14-15H2,1-3H3,(H,26,29)(H,27,30). The quantitative estimate of drug-likeness (QED) is 0.441. The highest BCUT2D eigenvalue weighted by molar-refractivity contribution is 6.36. The van der Waals surface area contributed by atoms with Crippen LogP contribution in [0.5, 0.6) is 11.5 Å². The Kier molecular flexibility index (Phi) is 10.6. The number of carbonyl (C=O) groups is 2. The molecule has 0 aliphatic rings. The molecule has 2 aromatic carbocycles. The lowest BCUT2D eigenvalue weighted by molar-refractivity contribution is -0.120. The van der Waals surface area contributed by atoms with Gasteiger partial charge < -0.3 is 20.1 Å². The molecular formula is C23H29Cl2N3O4. The van der Waals surface area contributed by atoms with Gasteiger partial charge in [0.25, 0.3) is 0 Å². The van der Waals surface area contributed by atoms with Gasteiger partial charge >= 0.3 is 0 Å². The Morgan fingerprint density at radius 1 is 0.875 bits per heavy atom. The molecule has 2 amide bonds. The molecule has 9 heteroatoms. The molecule has 0 unspecified atom stereocenters. The van der Waals surface area contributed by atoms with Gasteiger partial charge in [-0.1, -0.05) is 30.1 Å². The molecule has 2 N–H and O–H groups in total. The fourth-order valence-electron chi connectivity index (χ4n) is 3.05. The SMILES string of the molecule is CCCN(CC(=O)Nc1ccc(Cl)cc1Cl)CC(=O)Nc1cc(OCC)ccc1OCC. The molecule has 32 heavy (non-hydrogen) atoms. The first-order valence-electron chi connectivity index (χ1n) is 10.5. The number of carbonyl (C=O) groups excluding carboxylic acids is 2. The number of hydrogen-bond acceptors (Lipinski definition) is 5. The predicted octanol–water partition coefficient (Wildman–Crippen LogP) is 5.08. The lowest BCUT2D eigenvalue weighted by atomic mass is 10.2. The van der Waals surface area contributed by atoms with Crippen molar-refractivity contribution in [3.05, 3.63) is 46.4 Å². The summed E-state index contributed by atoms with van der Waals surface area (Å²) >= 11 is 12.0. The number of ether oxygens (including phenoxy) is 2. The Labute approximate surface area is 199 Å². The van der Waals surface area contributed by atoms with Crippen LogP contribution in [0.1, 0.15) is 27.2 Å². The van der Waals surface area contributed by atoms with Crippen molar-refractivity contribution in [3.8, 4) is 11.5 Å². The monoisotopic (exact) mass is 481 g/mol. The number of anilines is 2. The van der Waals surface area contributed by atoms with Gasteiger partial charge in [0, 0.05) is 11.1 Å². The highest BCUT2D eigenvalue weighted by Crippen LogP contribution is 2.29. The Balaban J connectivity index is 2.03. The van der Waals surface area contributed by atoms with Gasteiger partial charge in [0.15, 0.2) is 0 Å². The number of nitrogens with one attached hydrogen (secondary N) is 2. The second kappa shape index (κ2) is 13.2. The van der Waals surface area contributed by atoms with Crippen LogP contribution in [0.15, 0.2) is 36.4 Å². The van der Waals surface area contributed by atoms with Crippen molar-refractivity contribution in [1.82, 2.24) is 4.90 Å². The van der Waals surface area contributed by atoms with Crippen LogP contribution in [-0.4, -0.2) is 49.6 Å². The third kappa shape index (κ3) is 8.22. The van der Waals surface area contributed by atoms with E-state index in [2.05, 4.69) is 10.6 Å². The van der Waals surface area contributed by atoms with Crippen molar-refractivity contribution in [1.29, 1.82) is 0 Å². The smallest absolute Gasteiger partial charge is 0.238 e. The highest BCUT2D eigenvalue weighted by atomic mass is 35.5. The summed E-state index contributed by atoms with van der Waals surface area (Å²) in [6, 6.07) is 10.1. The Bertz CT molecular complexity index is 924. The lowest BCUT2D eigenvalue weighted by Crippen LogP contribution is -2.39. The summed E-state index contributed by atoms with van der Waals surface area (Å²) in [5, 5.41) is 6.46. The Morgan fingerprint density at radius 3 is 2.12 bits per heavy atom. The van der Waals surface area contributed by atoms with E-state index in [1.807, 2.05) is 20.8 Å². The minimum absolute atomic E-state index is 0.0392. The van der Waals surface area contributed by atoms with E-state index in [1.165, 1.54) is 0 Å². The average molecular weight is 482 g/mol. The van der Waals surface area contributed by atoms with Crippen LogP contribution in [0, 0.1) is 0 Å². The van der Waals surface area contributed by atoms with Crippen LogP contribution in [0.2, 0.25) is 10.0 Å². The molecule has 0 radical (unpaired) electrons. The van der Waals surface area contributed by atoms with Crippen molar-refractivity contribution in [2.24, 2.45) is 0 Å². The van der Waals surface area contributed by atoms with E-state index in [-0.39, 0.29) is 24.9 Å². The average Bonchev–Trinajstić information content (AvgIpc) is 2.72. The zero-order chi connectivity index (χ0) is 23.5. The van der Waals surface area contributed by atoms with Gasteiger partial charge in [-0.15, -0.1) is 0 Å². The minimum atomic E-state index is -0.274. The first kappa shape index (κ1) is 25.8. The molecule has 0 saturated heterocycles. The topological polar surface area (TPSA) is 79.9 Å². The molecule has 0 saturated carbocycles. The van der Waals surface area contributed by atoms with Crippen molar-refractivity contribution >= 4 is 46.4 Å². The van der Waals surface area contributed by atoms with E-state index >= 15 is 0 Å². The van der Waals surface area contributed by atoms with E-state index in [1.54, 1.807) is 41.3 Å². The highest BCUT2D eigenvalue weighted by Gasteiger charge is 2.17. The molecule has 7 nitrogen and oxygen atoms in total. The van der Waals surface area contributed by atoms with Crippen LogP contribution in [0.3, 0.4) is 0 Å². The molecule has 0 aromatic heterocycles. The van der Waals surface area contributed by atoms with E-state index in [9.17, 15) is 9.59 Å². The summed E-state index contributed by atoms with van der Waals surface area (Å²) < 4.78 is 11.1. The predicted molar refractivity (Wildman–Crippen MR) is 129 cm³/mol. The maximum Gasteiger partial charge on any atom is 0.238 e. The number of halogens is 2. The summed E-state index contributed by atoms with van der Waals surface area (Å²) in [4.78, 5) is 27.0. The second-order valence-corrected chi connectivity index (χ2v) is 7.80. The molecule has 2 rings (SSSR count). The molecule has 0 bridgehead atoms. The zero-order valence-corrected chi connectivity index (χ0v) is 20.1. The van der Waals surface area contributed by atoms with Crippen LogP contribution in [-0.2, 0) is 9.59 Å². The third-order valence-corrected chi connectivity index (χ3v) is 4.86. The molecule has 0 heterocycles. The first-order valence-corrected chi connectivity index (χ1v) is 11.3. The normalized spacial score (nSPS) is 10.7. The molecule has 2 aromatic rings. The molecular weight excluding hydrogens is 453 g/mol. The van der Waals surface area contributed by atoms with E-state index in [0.717, 1.165) is 6.42 Å². The molecule has 0 atom stereocenters. The van der Waals surface area contributed by atoms with Crippen LogP contribution < -0.4 is 20.1 Å². The second-order valence-electron chi connectivity index (χ2n) is 6.96. The van der Waals surface area contributed by atoms with Gasteiger partial charge in [0.1, 0.15) is 11.5 Å². The van der Waals surface area contributed by atoms with Gasteiger partial charge in [-0.25, -0.2) is 0 Å². The van der Waals surface area contributed by atoms with Crippen molar-refractivity contribution in [2.45, 2.75) is 27.2 Å². The largest absolute Gasteiger partial charge is 0.494 e. The van der Waals surface area contributed by atoms with Crippen LogP contribution >= 0.6 is 23.2 Å². The zero-order valence-electron chi connectivity index (χ0n) is 18.5. The first-order chi connectivity index (χ1) is 15.4. The third-order valence-electron chi connectivity index (χ3n) is 4.32. The van der Waals surface area contributed by atoms with Crippen LogP contribution in [0.4, 0.5) is 11.4 Å². The molecule has 0 aliphatic carbocycles. The van der Waals surface area contributed by atoms with Gasteiger partial charge in [-0.05, 0) is 57.1 Å². The van der Waals surface area contributed by atoms with Crippen molar-refractivity contribution < 1.29 is 19.1 Å². The molecule has 0 spiro atoms. The van der Waals surface area contributed by atoms with Gasteiger partial charge in [0.05, 0.1) is 42.7 Å². The number of hydrogen-bond donors (Lipinski definition) is 2. The van der Waals surface area contributed by atoms with E-state index < -0.39 is 0 Å². The fraction of sp³-hybridized carbons (Fsp3) is 0.391. The lowest BCUT2D eigenvalue weighted by Gasteiger charge is -2.21. The Morgan fingerprint density at radius 2 is 1.53 bits per heavy atom. The summed E-state index contributed by atoms with van der Waals surface area (Å²) in [5.74, 6) is 0.659. The van der Waals surface area contributed by atoms with Crippen molar-refractivity contribution in [2.75, 3.05) is 43.5 Å². The number of rotatable bonds is 12. The summed E-state index contributed by atoms with van der Waals surface area (Å²) in [5.41, 5.74) is 0.993. The Hall–Kier alpha value is -2.48. The maximum absolute atomic E-state index is 12.7. The van der Waals surface area contributed by atoms with E-state index in [0.29, 0.717) is 52.7 Å². The van der Waals surface area contributed by atoms with Gasteiger partial charge in [-0.3, -0.25) is 14.5 Å². The van der Waals surface area contributed by atoms with Crippen LogP contribution in [0.25, 0.3) is 0 Å². The molecule has 174 valence electrons. The molecule has 0 fully saturated rings. The number of benzene rings is 2. The van der Waals surface area contributed by atoms with Gasteiger partial charge in [-0.2, -0.15) is 0 Å². The summed E-state index contributed by atoms with van der Waals surface area (Å²) in [6.45, 7) is 7.38. The van der Waals surface area contributed by atoms with E-state index in [4.69, 9.17) is 32.7 Å². The maximum atomic E-state index is 12.7. The summed E-state index contributed by atoms with van der Waals surface area (Å²) in [6.07, 6.45) is 0.784. The fourth-order valence-corrected chi connectivity index (χ4v) is 3.51. The molecule has 0 aliphatic heterocycles. The van der Waals surface area contributed by atoms with Crippen molar-refractivity contribution in [3.63, 3.8) is 0 Å². The van der Waals surface area contributed by atoms with Gasteiger partial charge in [0.2, 0.25) is 11.8 Å².